The number of unbranched alkanes of at least 4 members (excludes halogenated alkanes) is 7. The van der Waals surface area contributed by atoms with E-state index >= 15 is 0 Å². The van der Waals surface area contributed by atoms with Crippen molar-refractivity contribution in [3.05, 3.63) is 0 Å². The number of hydrogen-bond donors (Lipinski definition) is 0. The van der Waals surface area contributed by atoms with Crippen molar-refractivity contribution in [2.75, 3.05) is 0 Å². The molecule has 0 saturated heterocycles. The minimum Gasteiger partial charge on any atom is -0.283 e. The lowest BCUT2D eigenvalue weighted by molar-refractivity contribution is -0.0404. The fraction of sp³-hybridized carbons (Fsp3) is 1.00. The van der Waals surface area contributed by atoms with Gasteiger partial charge < -0.3 is 0 Å². The van der Waals surface area contributed by atoms with Gasteiger partial charge in [0.15, 0.2) is 0 Å². The number of hydrogen-bond acceptors (Lipinski definition) is 2. The Kier molecular flexibility index (Phi) is 14.0. The van der Waals surface area contributed by atoms with Crippen LogP contribution in [0, 0.1) is 0 Å². The fourth-order valence-corrected chi connectivity index (χ4v) is 4.48. The zero-order chi connectivity index (χ0) is 19.4. The molecule has 0 fully saturated rings. The van der Waals surface area contributed by atoms with E-state index in [1.54, 1.807) is 0 Å². The SMILES string of the molecule is CCCCCCCCCCC(N(C(C)C)C(C)C)N(C(C)C)C(C)C. The topological polar surface area (TPSA) is 6.48 Å². The number of nitrogens with zero attached hydrogens (tertiary/aromatic N) is 2. The lowest BCUT2D eigenvalue weighted by Gasteiger charge is -2.48. The molecule has 0 aliphatic rings. The molecule has 0 heterocycles. The Morgan fingerprint density at radius 2 is 0.800 bits per heavy atom. The molecule has 0 saturated carbocycles. The normalized spacial score (nSPS) is 13.0. The van der Waals surface area contributed by atoms with Crippen LogP contribution in [0.4, 0.5) is 0 Å². The molecule has 0 aromatic rings. The van der Waals surface area contributed by atoms with Gasteiger partial charge in [0, 0.05) is 24.2 Å². The Hall–Kier alpha value is -0.0800. The maximum absolute atomic E-state index is 2.74. The summed E-state index contributed by atoms with van der Waals surface area (Å²) in [5.41, 5.74) is 0. The van der Waals surface area contributed by atoms with Gasteiger partial charge in [-0.05, 0) is 61.8 Å². The van der Waals surface area contributed by atoms with Crippen LogP contribution in [0.2, 0.25) is 0 Å². The van der Waals surface area contributed by atoms with Crippen LogP contribution in [0.3, 0.4) is 0 Å². The summed E-state index contributed by atoms with van der Waals surface area (Å²) in [6.45, 7) is 21.2. The molecule has 2 nitrogen and oxygen atoms in total. The van der Waals surface area contributed by atoms with Gasteiger partial charge in [0.1, 0.15) is 0 Å². The average molecular weight is 355 g/mol. The molecule has 0 bridgehead atoms. The smallest absolute Gasteiger partial charge is 0.0631 e. The molecular formula is C23H50N2. The molecule has 0 rings (SSSR count). The number of rotatable bonds is 15. The fourth-order valence-electron chi connectivity index (χ4n) is 4.48. The lowest BCUT2D eigenvalue weighted by Crippen LogP contribution is -2.57. The van der Waals surface area contributed by atoms with E-state index in [4.69, 9.17) is 0 Å². The van der Waals surface area contributed by atoms with Crippen molar-refractivity contribution in [3.8, 4) is 0 Å². The van der Waals surface area contributed by atoms with Crippen LogP contribution >= 0.6 is 0 Å². The summed E-state index contributed by atoms with van der Waals surface area (Å²) in [6, 6.07) is 2.39. The van der Waals surface area contributed by atoms with Gasteiger partial charge in [-0.3, -0.25) is 9.80 Å². The van der Waals surface area contributed by atoms with Crippen LogP contribution in [0.25, 0.3) is 0 Å². The molecule has 0 radical (unpaired) electrons. The monoisotopic (exact) mass is 354 g/mol. The van der Waals surface area contributed by atoms with Crippen molar-refractivity contribution < 1.29 is 0 Å². The first kappa shape index (κ1) is 24.9. The largest absolute Gasteiger partial charge is 0.283 e. The molecule has 0 unspecified atom stereocenters. The van der Waals surface area contributed by atoms with Gasteiger partial charge in [-0.15, -0.1) is 0 Å². The second-order valence-corrected chi connectivity index (χ2v) is 9.01. The zero-order valence-electron chi connectivity index (χ0n) is 19.1. The van der Waals surface area contributed by atoms with E-state index in [2.05, 4.69) is 72.1 Å². The van der Waals surface area contributed by atoms with Crippen LogP contribution in [0.15, 0.2) is 0 Å². The van der Waals surface area contributed by atoms with Gasteiger partial charge >= 0.3 is 0 Å². The van der Waals surface area contributed by atoms with Crippen LogP contribution in [-0.4, -0.2) is 40.1 Å². The van der Waals surface area contributed by atoms with Gasteiger partial charge in [-0.1, -0.05) is 58.3 Å². The third kappa shape index (κ3) is 9.99. The van der Waals surface area contributed by atoms with E-state index in [0.717, 1.165) is 0 Å². The van der Waals surface area contributed by atoms with Crippen molar-refractivity contribution in [1.29, 1.82) is 0 Å². The Morgan fingerprint density at radius 3 is 1.12 bits per heavy atom. The second kappa shape index (κ2) is 14.0. The van der Waals surface area contributed by atoms with E-state index in [1.165, 1.54) is 57.8 Å². The third-order valence-corrected chi connectivity index (χ3v) is 5.39. The Labute approximate surface area is 160 Å². The molecule has 0 N–H and O–H groups in total. The minimum atomic E-state index is 0.570. The van der Waals surface area contributed by atoms with Crippen LogP contribution in [0.1, 0.15) is 120 Å². The molecule has 0 spiro atoms. The van der Waals surface area contributed by atoms with Crippen LogP contribution in [-0.2, 0) is 0 Å². The molecule has 152 valence electrons. The molecule has 2 heteroatoms. The van der Waals surface area contributed by atoms with E-state index in [-0.39, 0.29) is 0 Å². The summed E-state index contributed by atoms with van der Waals surface area (Å²) in [5.74, 6) is 0. The highest BCUT2D eigenvalue weighted by Crippen LogP contribution is 2.24. The van der Waals surface area contributed by atoms with Gasteiger partial charge in [0.25, 0.3) is 0 Å². The highest BCUT2D eigenvalue weighted by molar-refractivity contribution is 4.82. The van der Waals surface area contributed by atoms with E-state index in [0.29, 0.717) is 30.3 Å². The highest BCUT2D eigenvalue weighted by Gasteiger charge is 2.31. The maximum atomic E-state index is 2.74. The first-order valence-corrected chi connectivity index (χ1v) is 11.3. The molecular weight excluding hydrogens is 304 g/mol. The molecule has 0 aromatic carbocycles. The predicted molar refractivity (Wildman–Crippen MR) is 115 cm³/mol. The summed E-state index contributed by atoms with van der Waals surface area (Å²) in [7, 11) is 0. The second-order valence-electron chi connectivity index (χ2n) is 9.01. The first-order chi connectivity index (χ1) is 11.7. The van der Waals surface area contributed by atoms with E-state index in [1.807, 2.05) is 0 Å². The van der Waals surface area contributed by atoms with Crippen LogP contribution < -0.4 is 0 Å². The standard InChI is InChI=1S/C23H50N2/c1-10-11-12-13-14-15-16-17-18-23(24(19(2)3)20(4)5)25(21(6)7)22(8)9/h19-23H,10-18H2,1-9H3. The minimum absolute atomic E-state index is 0.570. The summed E-state index contributed by atoms with van der Waals surface area (Å²) in [6.07, 6.45) is 13.1. The Balaban J connectivity index is 4.69. The zero-order valence-corrected chi connectivity index (χ0v) is 19.1. The Morgan fingerprint density at radius 1 is 0.480 bits per heavy atom. The molecule has 0 amide bonds. The molecule has 0 aliphatic heterocycles. The van der Waals surface area contributed by atoms with Gasteiger partial charge in [0.05, 0.1) is 6.17 Å². The van der Waals surface area contributed by atoms with Gasteiger partial charge in [-0.25, -0.2) is 0 Å². The summed E-state index contributed by atoms with van der Waals surface area (Å²) < 4.78 is 0. The lowest BCUT2D eigenvalue weighted by atomic mass is 10.0. The summed E-state index contributed by atoms with van der Waals surface area (Å²) in [5, 5.41) is 0. The third-order valence-electron chi connectivity index (χ3n) is 5.39. The summed E-state index contributed by atoms with van der Waals surface area (Å²) in [4.78, 5) is 5.47. The van der Waals surface area contributed by atoms with Crippen molar-refractivity contribution in [2.45, 2.75) is 150 Å². The summed E-state index contributed by atoms with van der Waals surface area (Å²) >= 11 is 0. The quantitative estimate of drug-likeness (QED) is 0.229. The van der Waals surface area contributed by atoms with Crippen molar-refractivity contribution >= 4 is 0 Å². The molecule has 0 aromatic heterocycles. The molecule has 0 aliphatic carbocycles. The molecule has 0 atom stereocenters. The van der Waals surface area contributed by atoms with Crippen molar-refractivity contribution in [1.82, 2.24) is 9.80 Å². The van der Waals surface area contributed by atoms with Gasteiger partial charge in [-0.2, -0.15) is 0 Å². The highest BCUT2D eigenvalue weighted by atomic mass is 15.4. The van der Waals surface area contributed by atoms with E-state index < -0.39 is 0 Å². The Bertz CT molecular complexity index is 260. The van der Waals surface area contributed by atoms with Crippen LogP contribution in [0.5, 0.6) is 0 Å². The molecule has 25 heavy (non-hydrogen) atoms. The van der Waals surface area contributed by atoms with E-state index in [9.17, 15) is 0 Å². The van der Waals surface area contributed by atoms with Crippen molar-refractivity contribution in [3.63, 3.8) is 0 Å². The van der Waals surface area contributed by atoms with Gasteiger partial charge in [0.2, 0.25) is 0 Å². The first-order valence-electron chi connectivity index (χ1n) is 11.3. The average Bonchev–Trinajstić information content (AvgIpc) is 2.48. The predicted octanol–water partition coefficient (Wildman–Crippen LogP) is 7.08. The maximum Gasteiger partial charge on any atom is 0.0631 e. The van der Waals surface area contributed by atoms with Crippen molar-refractivity contribution in [2.24, 2.45) is 0 Å².